The van der Waals surface area contributed by atoms with Crippen LogP contribution in [0.1, 0.15) is 19.8 Å². The smallest absolute Gasteiger partial charge is 0.250 e. The second-order valence-electron chi connectivity index (χ2n) is 4.55. The van der Waals surface area contributed by atoms with Crippen LogP contribution in [0.3, 0.4) is 0 Å². The number of hydrogen-bond acceptors (Lipinski definition) is 2. The lowest BCUT2D eigenvalue weighted by Crippen LogP contribution is -2.58. The van der Waals surface area contributed by atoms with E-state index in [1.807, 2.05) is 6.92 Å². The van der Waals surface area contributed by atoms with Crippen molar-refractivity contribution in [2.75, 3.05) is 11.4 Å². The van der Waals surface area contributed by atoms with Crippen molar-refractivity contribution in [3.05, 3.63) is 28.2 Å². The molecule has 2 rings (SSSR count). The van der Waals surface area contributed by atoms with Crippen LogP contribution in [-0.4, -0.2) is 24.4 Å². The number of hydrogen-bond donors (Lipinski definition) is 1. The number of carbonyl (C=O) groups is 2. The number of piperazine rings is 1. The van der Waals surface area contributed by atoms with Crippen LogP contribution in [0.2, 0.25) is 0 Å². The molecule has 1 fully saturated rings. The summed E-state index contributed by atoms with van der Waals surface area (Å²) in [7, 11) is 0. The van der Waals surface area contributed by atoms with Crippen LogP contribution in [0.5, 0.6) is 0 Å². The summed E-state index contributed by atoms with van der Waals surface area (Å²) < 4.78 is 28.1. The second kappa shape index (κ2) is 5.87. The molecule has 0 radical (unpaired) electrons. The number of nitrogens with one attached hydrogen (secondary N) is 1. The van der Waals surface area contributed by atoms with E-state index in [9.17, 15) is 18.4 Å². The van der Waals surface area contributed by atoms with Gasteiger partial charge in [-0.05, 0) is 18.6 Å². The molecule has 1 aliphatic rings. The van der Waals surface area contributed by atoms with Crippen molar-refractivity contribution in [3.63, 3.8) is 0 Å². The van der Waals surface area contributed by atoms with E-state index in [4.69, 9.17) is 0 Å². The molecule has 1 N–H and O–H groups in total. The van der Waals surface area contributed by atoms with Gasteiger partial charge in [-0.3, -0.25) is 14.5 Å². The number of nitrogens with zero attached hydrogens (tertiary/aromatic N) is 1. The van der Waals surface area contributed by atoms with Crippen LogP contribution in [0.25, 0.3) is 0 Å². The predicted octanol–water partition coefficient (Wildman–Crippen LogP) is 2.36. The van der Waals surface area contributed by atoms with Gasteiger partial charge < -0.3 is 5.32 Å². The van der Waals surface area contributed by atoms with Gasteiger partial charge in [0.25, 0.3) is 0 Å². The fourth-order valence-corrected chi connectivity index (χ4v) is 2.58. The van der Waals surface area contributed by atoms with Gasteiger partial charge >= 0.3 is 0 Å². The van der Waals surface area contributed by atoms with Crippen LogP contribution in [0, 0.1) is 11.6 Å². The fourth-order valence-electron chi connectivity index (χ4n) is 2.18. The first-order chi connectivity index (χ1) is 9.43. The average Bonchev–Trinajstić information content (AvgIpc) is 2.33. The molecular weight excluding hydrogens is 334 g/mol. The Morgan fingerprint density at radius 1 is 1.35 bits per heavy atom. The Morgan fingerprint density at radius 3 is 2.50 bits per heavy atom. The monoisotopic (exact) mass is 346 g/mol. The Kier molecular flexibility index (Phi) is 4.37. The fraction of sp³-hybridized carbons (Fsp3) is 0.385. The third-order valence-electron chi connectivity index (χ3n) is 3.03. The Labute approximate surface area is 123 Å². The molecule has 0 spiro atoms. The molecule has 1 aliphatic heterocycles. The SMILES string of the molecule is CCCC1NC(=O)CN(c2c(F)cc(Br)cc2F)C1=O. The molecular formula is C13H13BrF2N2O2. The van der Waals surface area contributed by atoms with Crippen LogP contribution >= 0.6 is 15.9 Å². The zero-order valence-electron chi connectivity index (χ0n) is 10.8. The third-order valence-corrected chi connectivity index (χ3v) is 3.49. The van der Waals surface area contributed by atoms with E-state index in [1.165, 1.54) is 0 Å². The molecule has 20 heavy (non-hydrogen) atoms. The molecule has 1 unspecified atom stereocenters. The summed E-state index contributed by atoms with van der Waals surface area (Å²) >= 11 is 2.97. The van der Waals surface area contributed by atoms with E-state index in [0.717, 1.165) is 17.0 Å². The van der Waals surface area contributed by atoms with Gasteiger partial charge in [0.2, 0.25) is 11.8 Å². The maximum absolute atomic E-state index is 13.9. The van der Waals surface area contributed by atoms with Crippen LogP contribution in [-0.2, 0) is 9.59 Å². The van der Waals surface area contributed by atoms with Crippen molar-refractivity contribution in [2.45, 2.75) is 25.8 Å². The first kappa shape index (κ1) is 14.9. The molecule has 7 heteroatoms. The van der Waals surface area contributed by atoms with Gasteiger partial charge in [0, 0.05) is 4.47 Å². The summed E-state index contributed by atoms with van der Waals surface area (Å²) in [5.41, 5.74) is -0.478. The van der Waals surface area contributed by atoms with Gasteiger partial charge in [-0.15, -0.1) is 0 Å². The number of amides is 2. The van der Waals surface area contributed by atoms with Crippen molar-refractivity contribution in [1.82, 2.24) is 5.32 Å². The molecule has 4 nitrogen and oxygen atoms in total. The standard InChI is InChI=1S/C13H13BrF2N2O2/c1-2-3-10-13(20)18(6-11(19)17-10)12-8(15)4-7(14)5-9(12)16/h4-5,10H,2-3,6H2,1H3,(H,17,19). The van der Waals surface area contributed by atoms with Gasteiger partial charge in [-0.1, -0.05) is 29.3 Å². The number of halogens is 3. The molecule has 1 atom stereocenters. The molecule has 108 valence electrons. The second-order valence-corrected chi connectivity index (χ2v) is 5.47. The molecule has 0 aromatic heterocycles. The average molecular weight is 347 g/mol. The van der Waals surface area contributed by atoms with E-state index in [2.05, 4.69) is 21.2 Å². The zero-order valence-corrected chi connectivity index (χ0v) is 12.3. The van der Waals surface area contributed by atoms with Crippen molar-refractivity contribution in [3.8, 4) is 0 Å². The van der Waals surface area contributed by atoms with E-state index in [0.29, 0.717) is 12.8 Å². The highest BCUT2D eigenvalue weighted by Gasteiger charge is 2.35. The number of anilines is 1. The molecule has 1 aromatic carbocycles. The van der Waals surface area contributed by atoms with Gasteiger partial charge in [0.1, 0.15) is 18.3 Å². The lowest BCUT2D eigenvalue weighted by molar-refractivity contribution is -0.131. The molecule has 0 aliphatic carbocycles. The minimum Gasteiger partial charge on any atom is -0.343 e. The van der Waals surface area contributed by atoms with Crippen LogP contribution < -0.4 is 10.2 Å². The quantitative estimate of drug-likeness (QED) is 0.913. The number of benzene rings is 1. The van der Waals surface area contributed by atoms with E-state index in [-0.39, 0.29) is 11.0 Å². The summed E-state index contributed by atoms with van der Waals surface area (Å²) in [5, 5.41) is 2.53. The summed E-state index contributed by atoms with van der Waals surface area (Å²) in [4.78, 5) is 24.7. The minimum atomic E-state index is -0.879. The Balaban J connectivity index is 2.40. The van der Waals surface area contributed by atoms with Gasteiger partial charge in [0.15, 0.2) is 11.6 Å². The molecule has 1 heterocycles. The highest BCUT2D eigenvalue weighted by atomic mass is 79.9. The molecule has 0 bridgehead atoms. The highest BCUT2D eigenvalue weighted by Crippen LogP contribution is 2.29. The Bertz CT molecular complexity index is 542. The van der Waals surface area contributed by atoms with Crippen molar-refractivity contribution < 1.29 is 18.4 Å². The van der Waals surface area contributed by atoms with Gasteiger partial charge in [0.05, 0.1) is 0 Å². The van der Waals surface area contributed by atoms with Crippen LogP contribution in [0.15, 0.2) is 16.6 Å². The van der Waals surface area contributed by atoms with Crippen molar-refractivity contribution in [1.29, 1.82) is 0 Å². The molecule has 1 aromatic rings. The van der Waals surface area contributed by atoms with Gasteiger partial charge in [-0.2, -0.15) is 0 Å². The summed E-state index contributed by atoms with van der Waals surface area (Å²) in [6, 6.07) is 1.39. The lowest BCUT2D eigenvalue weighted by Gasteiger charge is -2.32. The highest BCUT2D eigenvalue weighted by molar-refractivity contribution is 9.10. The normalized spacial score (nSPS) is 19.2. The first-order valence-electron chi connectivity index (χ1n) is 6.19. The van der Waals surface area contributed by atoms with E-state index in [1.54, 1.807) is 0 Å². The maximum Gasteiger partial charge on any atom is 0.250 e. The van der Waals surface area contributed by atoms with Crippen molar-refractivity contribution in [2.24, 2.45) is 0 Å². The third kappa shape index (κ3) is 2.82. The predicted molar refractivity (Wildman–Crippen MR) is 73.2 cm³/mol. The Morgan fingerprint density at radius 2 is 1.95 bits per heavy atom. The van der Waals surface area contributed by atoms with Crippen molar-refractivity contribution >= 4 is 33.4 Å². The maximum atomic E-state index is 13.9. The van der Waals surface area contributed by atoms with Gasteiger partial charge in [-0.25, -0.2) is 8.78 Å². The molecule has 0 saturated carbocycles. The summed E-state index contributed by atoms with van der Waals surface area (Å²) in [6.45, 7) is 1.48. The van der Waals surface area contributed by atoms with E-state index < -0.39 is 35.2 Å². The van der Waals surface area contributed by atoms with E-state index >= 15 is 0 Å². The Hall–Kier alpha value is -1.50. The largest absolute Gasteiger partial charge is 0.343 e. The topological polar surface area (TPSA) is 49.4 Å². The zero-order chi connectivity index (χ0) is 14.9. The summed E-state index contributed by atoms with van der Waals surface area (Å²) in [5.74, 6) is -2.68. The number of carbonyl (C=O) groups excluding carboxylic acids is 2. The van der Waals surface area contributed by atoms with Crippen LogP contribution in [0.4, 0.5) is 14.5 Å². The minimum absolute atomic E-state index is 0.232. The molecule has 2 amide bonds. The molecule has 1 saturated heterocycles. The first-order valence-corrected chi connectivity index (χ1v) is 6.98. The number of rotatable bonds is 3. The lowest BCUT2D eigenvalue weighted by atomic mass is 10.1. The summed E-state index contributed by atoms with van der Waals surface area (Å²) in [6.07, 6.45) is 1.11.